The lowest BCUT2D eigenvalue weighted by molar-refractivity contribution is 0.122. The van der Waals surface area contributed by atoms with E-state index in [4.69, 9.17) is 9.79 Å². The molecule has 24 heavy (non-hydrogen) atoms. The summed E-state index contributed by atoms with van der Waals surface area (Å²) in [5, 5.41) is 39.1. The van der Waals surface area contributed by atoms with Crippen molar-refractivity contribution in [2.24, 2.45) is 10.7 Å². The fourth-order valence-corrected chi connectivity index (χ4v) is 2.99. The lowest BCUT2D eigenvalue weighted by Crippen LogP contribution is -2.31. The zero-order valence-corrected chi connectivity index (χ0v) is 13.4. The van der Waals surface area contributed by atoms with Gasteiger partial charge in [0.15, 0.2) is 0 Å². The standard InChI is InChI=1S/C15H18NO7P/c17-10-3-1-2-9(6-10)4-5-13(19)15-12(16-24(21,22)23)7-11(18)8-14(15)20/h1-3,6-8,13,15,17-20H,4-5H2,(H2,21,22,23)/b16-12+. The molecule has 0 fully saturated rings. The van der Waals surface area contributed by atoms with Crippen molar-refractivity contribution < 1.29 is 34.8 Å². The van der Waals surface area contributed by atoms with Crippen LogP contribution in [0.25, 0.3) is 0 Å². The van der Waals surface area contributed by atoms with Gasteiger partial charge >= 0.3 is 7.75 Å². The summed E-state index contributed by atoms with van der Waals surface area (Å²) in [6.07, 6.45) is 1.28. The minimum Gasteiger partial charge on any atom is -0.511 e. The molecule has 2 rings (SSSR count). The Kier molecular flexibility index (Phi) is 5.46. The number of aliphatic hydroxyl groups excluding tert-OH is 3. The van der Waals surface area contributed by atoms with Gasteiger partial charge in [0, 0.05) is 12.2 Å². The summed E-state index contributed by atoms with van der Waals surface area (Å²) in [6.45, 7) is 0. The van der Waals surface area contributed by atoms with Crippen LogP contribution in [0, 0.1) is 5.92 Å². The molecular weight excluding hydrogens is 337 g/mol. The van der Waals surface area contributed by atoms with Gasteiger partial charge in [-0.1, -0.05) is 12.1 Å². The first-order chi connectivity index (χ1) is 11.2. The Morgan fingerprint density at radius 3 is 2.50 bits per heavy atom. The van der Waals surface area contributed by atoms with Crippen molar-refractivity contribution in [1.82, 2.24) is 0 Å². The number of hydrogen-bond acceptors (Lipinski definition) is 5. The van der Waals surface area contributed by atoms with Gasteiger partial charge in [0.25, 0.3) is 0 Å². The predicted octanol–water partition coefficient (Wildman–Crippen LogP) is 1.73. The minimum atomic E-state index is -4.80. The molecule has 0 heterocycles. The maximum Gasteiger partial charge on any atom is 0.448 e. The van der Waals surface area contributed by atoms with Crippen molar-refractivity contribution in [1.29, 1.82) is 0 Å². The smallest absolute Gasteiger partial charge is 0.448 e. The number of hydrogen-bond donors (Lipinski definition) is 6. The third kappa shape index (κ3) is 4.94. The van der Waals surface area contributed by atoms with E-state index in [-0.39, 0.29) is 17.9 Å². The third-order valence-electron chi connectivity index (χ3n) is 3.50. The largest absolute Gasteiger partial charge is 0.511 e. The molecule has 0 saturated heterocycles. The number of benzene rings is 1. The Bertz CT molecular complexity index is 750. The highest BCUT2D eigenvalue weighted by Gasteiger charge is 2.32. The van der Waals surface area contributed by atoms with Crippen molar-refractivity contribution in [2.45, 2.75) is 18.9 Å². The SMILES string of the molecule is O=P(O)(O)/N=C1\C=C(O)C=C(O)C1C(O)CCc1cccc(O)c1. The Morgan fingerprint density at radius 1 is 1.17 bits per heavy atom. The second-order valence-electron chi connectivity index (χ2n) is 5.43. The monoisotopic (exact) mass is 355 g/mol. The first-order valence-corrected chi connectivity index (χ1v) is 8.65. The van der Waals surface area contributed by atoms with Crippen LogP contribution in [-0.4, -0.2) is 42.0 Å². The molecule has 130 valence electrons. The topological polar surface area (TPSA) is 151 Å². The normalized spacial score (nSPS) is 21.3. The summed E-state index contributed by atoms with van der Waals surface area (Å²) in [7, 11) is -4.80. The summed E-state index contributed by atoms with van der Waals surface area (Å²) in [6, 6.07) is 6.43. The summed E-state index contributed by atoms with van der Waals surface area (Å²) >= 11 is 0. The van der Waals surface area contributed by atoms with Gasteiger partial charge in [0.2, 0.25) is 0 Å². The molecule has 1 aliphatic carbocycles. The third-order valence-corrected chi connectivity index (χ3v) is 3.99. The van der Waals surface area contributed by atoms with Crippen LogP contribution in [0.15, 0.2) is 52.7 Å². The number of aryl methyl sites for hydroxylation is 1. The van der Waals surface area contributed by atoms with E-state index in [0.717, 1.165) is 17.7 Å². The maximum atomic E-state index is 11.1. The average Bonchev–Trinajstić information content (AvgIpc) is 2.42. The molecule has 1 aliphatic rings. The van der Waals surface area contributed by atoms with Gasteiger partial charge < -0.3 is 30.2 Å². The van der Waals surface area contributed by atoms with Crippen molar-refractivity contribution >= 4 is 13.5 Å². The first kappa shape index (κ1) is 18.2. The van der Waals surface area contributed by atoms with Crippen LogP contribution in [0.5, 0.6) is 5.75 Å². The highest BCUT2D eigenvalue weighted by molar-refractivity contribution is 7.50. The number of aromatic hydroxyl groups is 1. The van der Waals surface area contributed by atoms with Gasteiger partial charge in [-0.2, -0.15) is 4.76 Å². The lowest BCUT2D eigenvalue weighted by atomic mass is 9.87. The molecule has 0 radical (unpaired) electrons. The van der Waals surface area contributed by atoms with E-state index in [1.807, 2.05) is 0 Å². The summed E-state index contributed by atoms with van der Waals surface area (Å²) in [5.74, 6) is -1.94. The van der Waals surface area contributed by atoms with Crippen LogP contribution in [0.4, 0.5) is 0 Å². The quantitative estimate of drug-likeness (QED) is 0.440. The van der Waals surface area contributed by atoms with E-state index in [1.165, 1.54) is 12.1 Å². The zero-order valence-electron chi connectivity index (χ0n) is 12.5. The van der Waals surface area contributed by atoms with Crippen molar-refractivity contribution in [3.8, 4) is 5.75 Å². The first-order valence-electron chi connectivity index (χ1n) is 7.08. The van der Waals surface area contributed by atoms with Crippen molar-refractivity contribution in [3.63, 3.8) is 0 Å². The highest BCUT2D eigenvalue weighted by Crippen LogP contribution is 2.39. The molecule has 2 unspecified atom stereocenters. The molecule has 0 aromatic heterocycles. The molecule has 8 nitrogen and oxygen atoms in total. The van der Waals surface area contributed by atoms with Gasteiger partial charge in [0.1, 0.15) is 17.3 Å². The number of nitrogens with zero attached hydrogens (tertiary/aromatic N) is 1. The van der Waals surface area contributed by atoms with Crippen LogP contribution in [-0.2, 0) is 11.0 Å². The van der Waals surface area contributed by atoms with Crippen LogP contribution < -0.4 is 0 Å². The Hall–Kier alpha value is -2.12. The van der Waals surface area contributed by atoms with Crippen molar-refractivity contribution in [2.75, 3.05) is 0 Å². The van der Waals surface area contributed by atoms with E-state index >= 15 is 0 Å². The van der Waals surface area contributed by atoms with E-state index < -0.39 is 31.3 Å². The van der Waals surface area contributed by atoms with Crippen LogP contribution in [0.1, 0.15) is 12.0 Å². The summed E-state index contributed by atoms with van der Waals surface area (Å²) in [4.78, 5) is 18.0. The molecular formula is C15H18NO7P. The number of aliphatic hydroxyl groups is 3. The lowest BCUT2D eigenvalue weighted by Gasteiger charge is -2.25. The average molecular weight is 355 g/mol. The minimum absolute atomic E-state index is 0.0824. The molecule has 2 atom stereocenters. The molecule has 0 saturated carbocycles. The second-order valence-corrected chi connectivity index (χ2v) is 6.66. The van der Waals surface area contributed by atoms with Gasteiger partial charge in [-0.25, -0.2) is 4.57 Å². The van der Waals surface area contributed by atoms with Gasteiger partial charge in [0.05, 0.1) is 17.7 Å². The highest BCUT2D eigenvalue weighted by atomic mass is 31.2. The summed E-state index contributed by atoms with van der Waals surface area (Å²) < 4.78 is 14.3. The summed E-state index contributed by atoms with van der Waals surface area (Å²) in [5.41, 5.74) is 0.449. The van der Waals surface area contributed by atoms with Gasteiger partial charge in [-0.05, 0) is 30.5 Å². The Morgan fingerprint density at radius 2 is 1.88 bits per heavy atom. The Balaban J connectivity index is 2.19. The zero-order chi connectivity index (χ0) is 17.9. The molecule has 0 aliphatic heterocycles. The van der Waals surface area contributed by atoms with Gasteiger partial charge in [-0.3, -0.25) is 0 Å². The fraction of sp³-hybridized carbons (Fsp3) is 0.267. The van der Waals surface area contributed by atoms with Gasteiger partial charge in [-0.15, -0.1) is 0 Å². The number of phenols is 1. The molecule has 9 heteroatoms. The fourth-order valence-electron chi connectivity index (χ4n) is 2.50. The molecule has 0 spiro atoms. The maximum absolute atomic E-state index is 11.1. The van der Waals surface area contributed by atoms with E-state index in [2.05, 4.69) is 4.76 Å². The van der Waals surface area contributed by atoms with Crippen LogP contribution >= 0.6 is 7.75 Å². The molecule has 0 bridgehead atoms. The van der Waals surface area contributed by atoms with Crippen LogP contribution in [0.3, 0.4) is 0 Å². The Labute approximate surface area is 138 Å². The number of rotatable bonds is 5. The number of allylic oxidation sites excluding steroid dienone is 2. The second kappa shape index (κ2) is 7.19. The predicted molar refractivity (Wildman–Crippen MR) is 86.8 cm³/mol. The molecule has 0 amide bonds. The molecule has 1 aromatic rings. The number of phenolic OH excluding ortho intramolecular Hbond substituents is 1. The molecule has 6 N–H and O–H groups in total. The van der Waals surface area contributed by atoms with E-state index in [9.17, 15) is 25.0 Å². The van der Waals surface area contributed by atoms with Crippen LogP contribution in [0.2, 0.25) is 0 Å². The van der Waals surface area contributed by atoms with E-state index in [0.29, 0.717) is 6.42 Å². The molecule has 1 aromatic carbocycles. The van der Waals surface area contributed by atoms with Crippen molar-refractivity contribution in [3.05, 3.63) is 53.5 Å². The van der Waals surface area contributed by atoms with E-state index in [1.54, 1.807) is 12.1 Å².